The molecule has 5 nitrogen and oxygen atoms in total. The number of anilines is 1. The SMILES string of the molecule is CCOc1ccc(NC(=O)C(C)N2C(=O)/C(=C/c3ccc(C(C)(C)C)cc3)SC2=S)cc1. The molecule has 2 aromatic carbocycles. The Kier molecular flexibility index (Phi) is 7.41. The van der Waals surface area contributed by atoms with Crippen molar-refractivity contribution < 1.29 is 14.3 Å². The monoisotopic (exact) mass is 468 g/mol. The average molecular weight is 469 g/mol. The smallest absolute Gasteiger partial charge is 0.266 e. The number of carbonyl (C=O) groups is 2. The van der Waals surface area contributed by atoms with Crippen LogP contribution in [0.3, 0.4) is 0 Å². The third kappa shape index (κ3) is 5.58. The number of amides is 2. The molecule has 0 bridgehead atoms. The van der Waals surface area contributed by atoms with E-state index >= 15 is 0 Å². The summed E-state index contributed by atoms with van der Waals surface area (Å²) in [7, 11) is 0. The van der Waals surface area contributed by atoms with Gasteiger partial charge in [0.15, 0.2) is 0 Å². The zero-order chi connectivity index (χ0) is 23.5. The van der Waals surface area contributed by atoms with Gasteiger partial charge in [-0.3, -0.25) is 14.5 Å². The number of hydrogen-bond donors (Lipinski definition) is 1. The Labute approximate surface area is 199 Å². The summed E-state index contributed by atoms with van der Waals surface area (Å²) >= 11 is 6.64. The highest BCUT2D eigenvalue weighted by Gasteiger charge is 2.38. The molecule has 168 valence electrons. The van der Waals surface area contributed by atoms with Gasteiger partial charge in [0.05, 0.1) is 11.5 Å². The van der Waals surface area contributed by atoms with Crippen LogP contribution in [0.1, 0.15) is 45.7 Å². The lowest BCUT2D eigenvalue weighted by Gasteiger charge is -2.22. The normalized spacial score (nSPS) is 16.4. The molecule has 1 atom stereocenters. The predicted octanol–water partition coefficient (Wildman–Crippen LogP) is 5.61. The van der Waals surface area contributed by atoms with Crippen LogP contribution in [0.4, 0.5) is 5.69 Å². The molecule has 0 aliphatic carbocycles. The third-order valence-electron chi connectivity index (χ3n) is 5.10. The van der Waals surface area contributed by atoms with Crippen molar-refractivity contribution in [3.05, 3.63) is 64.6 Å². The van der Waals surface area contributed by atoms with Crippen molar-refractivity contribution in [3.63, 3.8) is 0 Å². The van der Waals surface area contributed by atoms with E-state index in [-0.39, 0.29) is 17.2 Å². The summed E-state index contributed by atoms with van der Waals surface area (Å²) in [6.45, 7) is 10.6. The van der Waals surface area contributed by atoms with Crippen LogP contribution in [-0.2, 0) is 15.0 Å². The first-order chi connectivity index (χ1) is 15.1. The Balaban J connectivity index is 1.70. The van der Waals surface area contributed by atoms with Crippen molar-refractivity contribution >= 4 is 51.9 Å². The fourth-order valence-electron chi connectivity index (χ4n) is 3.21. The van der Waals surface area contributed by atoms with Crippen molar-refractivity contribution in [1.29, 1.82) is 0 Å². The molecule has 1 saturated heterocycles. The van der Waals surface area contributed by atoms with Crippen LogP contribution in [0.5, 0.6) is 5.75 Å². The lowest BCUT2D eigenvalue weighted by Crippen LogP contribution is -2.44. The number of nitrogens with zero attached hydrogens (tertiary/aromatic N) is 1. The minimum atomic E-state index is -0.733. The molecule has 7 heteroatoms. The molecule has 0 spiro atoms. The molecule has 0 aromatic heterocycles. The Morgan fingerprint density at radius 3 is 2.34 bits per heavy atom. The molecule has 1 aliphatic heterocycles. The minimum Gasteiger partial charge on any atom is -0.494 e. The first kappa shape index (κ1) is 24.0. The molecule has 1 heterocycles. The van der Waals surface area contributed by atoms with Crippen molar-refractivity contribution in [2.75, 3.05) is 11.9 Å². The van der Waals surface area contributed by atoms with E-state index in [2.05, 4.69) is 38.2 Å². The van der Waals surface area contributed by atoms with Gasteiger partial charge in [0.2, 0.25) is 5.91 Å². The van der Waals surface area contributed by atoms with E-state index in [1.54, 1.807) is 31.2 Å². The number of thiocarbonyl (C=S) groups is 1. The highest BCUT2D eigenvalue weighted by Crippen LogP contribution is 2.34. The summed E-state index contributed by atoms with van der Waals surface area (Å²) in [6, 6.07) is 14.5. The zero-order valence-corrected chi connectivity index (χ0v) is 20.6. The number of ether oxygens (including phenoxy) is 1. The molecular formula is C25H28N2O3S2. The molecule has 1 fully saturated rings. The first-order valence-electron chi connectivity index (χ1n) is 10.5. The van der Waals surface area contributed by atoms with Gasteiger partial charge in [-0.15, -0.1) is 0 Å². The molecule has 1 aliphatic rings. The van der Waals surface area contributed by atoms with Crippen LogP contribution in [0.25, 0.3) is 6.08 Å². The van der Waals surface area contributed by atoms with Crippen LogP contribution >= 0.6 is 24.0 Å². The van der Waals surface area contributed by atoms with Crippen molar-refractivity contribution in [2.24, 2.45) is 0 Å². The van der Waals surface area contributed by atoms with Crippen LogP contribution in [-0.4, -0.2) is 33.7 Å². The van der Waals surface area contributed by atoms with Gasteiger partial charge < -0.3 is 10.1 Å². The number of benzene rings is 2. The second-order valence-corrected chi connectivity index (χ2v) is 10.2. The number of rotatable bonds is 6. The molecule has 2 aromatic rings. The van der Waals surface area contributed by atoms with Gasteiger partial charge in [0.25, 0.3) is 5.91 Å². The molecule has 1 N–H and O–H groups in total. The number of hydrogen-bond acceptors (Lipinski definition) is 5. The predicted molar refractivity (Wildman–Crippen MR) is 136 cm³/mol. The van der Waals surface area contributed by atoms with E-state index in [0.29, 0.717) is 21.5 Å². The topological polar surface area (TPSA) is 58.6 Å². The molecule has 32 heavy (non-hydrogen) atoms. The van der Waals surface area contributed by atoms with E-state index in [9.17, 15) is 9.59 Å². The van der Waals surface area contributed by atoms with Gasteiger partial charge in [-0.2, -0.15) is 0 Å². The van der Waals surface area contributed by atoms with E-state index < -0.39 is 6.04 Å². The quantitative estimate of drug-likeness (QED) is 0.441. The summed E-state index contributed by atoms with van der Waals surface area (Å²) in [4.78, 5) is 27.7. The molecule has 2 amide bonds. The molecule has 0 radical (unpaired) electrons. The molecular weight excluding hydrogens is 440 g/mol. The summed E-state index contributed by atoms with van der Waals surface area (Å²) in [5.74, 6) is 0.173. The highest BCUT2D eigenvalue weighted by molar-refractivity contribution is 8.26. The van der Waals surface area contributed by atoms with Gasteiger partial charge in [0.1, 0.15) is 16.1 Å². The number of thioether (sulfide) groups is 1. The standard InChI is InChI=1S/C25H28N2O3S2/c1-6-30-20-13-11-19(12-14-20)26-22(28)16(2)27-23(29)21(32-24(27)31)15-17-7-9-18(10-8-17)25(3,4)5/h7-16H,6H2,1-5H3,(H,26,28)/b21-15-. The average Bonchev–Trinajstić information content (AvgIpc) is 3.01. The molecule has 3 rings (SSSR count). The maximum atomic E-state index is 13.0. The van der Waals surface area contributed by atoms with Gasteiger partial charge in [-0.1, -0.05) is 69.0 Å². The Morgan fingerprint density at radius 1 is 1.16 bits per heavy atom. The Bertz CT molecular complexity index is 1040. The van der Waals surface area contributed by atoms with E-state index in [1.807, 2.05) is 25.1 Å². The largest absolute Gasteiger partial charge is 0.494 e. The van der Waals surface area contributed by atoms with Gasteiger partial charge >= 0.3 is 0 Å². The fraction of sp³-hybridized carbons (Fsp3) is 0.320. The zero-order valence-electron chi connectivity index (χ0n) is 19.0. The van der Waals surface area contributed by atoms with Crippen molar-refractivity contribution in [2.45, 2.75) is 46.1 Å². The van der Waals surface area contributed by atoms with E-state index in [4.69, 9.17) is 17.0 Å². The lowest BCUT2D eigenvalue weighted by molar-refractivity contribution is -0.129. The van der Waals surface area contributed by atoms with Crippen LogP contribution in [0, 0.1) is 0 Å². The minimum absolute atomic E-state index is 0.0636. The fourth-order valence-corrected chi connectivity index (χ4v) is 4.63. The van der Waals surface area contributed by atoms with Crippen LogP contribution in [0.15, 0.2) is 53.4 Å². The van der Waals surface area contributed by atoms with Gasteiger partial charge in [-0.05, 0) is 60.7 Å². The van der Waals surface area contributed by atoms with Crippen LogP contribution < -0.4 is 10.1 Å². The summed E-state index contributed by atoms with van der Waals surface area (Å²) in [6.07, 6.45) is 1.82. The summed E-state index contributed by atoms with van der Waals surface area (Å²) in [5, 5.41) is 2.84. The second kappa shape index (κ2) is 9.88. The van der Waals surface area contributed by atoms with Crippen LogP contribution in [0.2, 0.25) is 0 Å². The second-order valence-electron chi connectivity index (χ2n) is 8.55. The highest BCUT2D eigenvalue weighted by atomic mass is 32.2. The first-order valence-corrected chi connectivity index (χ1v) is 11.7. The maximum Gasteiger partial charge on any atom is 0.266 e. The maximum absolute atomic E-state index is 13.0. The van der Waals surface area contributed by atoms with Crippen molar-refractivity contribution in [3.8, 4) is 5.75 Å². The molecule has 0 saturated carbocycles. The number of carbonyl (C=O) groups excluding carboxylic acids is 2. The van der Waals surface area contributed by atoms with Gasteiger partial charge in [-0.25, -0.2) is 0 Å². The van der Waals surface area contributed by atoms with E-state index in [1.165, 1.54) is 22.2 Å². The Morgan fingerprint density at radius 2 is 1.78 bits per heavy atom. The third-order valence-corrected chi connectivity index (χ3v) is 6.43. The number of nitrogens with one attached hydrogen (secondary N) is 1. The summed E-state index contributed by atoms with van der Waals surface area (Å²) < 4.78 is 5.79. The lowest BCUT2D eigenvalue weighted by atomic mass is 9.87. The van der Waals surface area contributed by atoms with Gasteiger partial charge in [0, 0.05) is 5.69 Å². The van der Waals surface area contributed by atoms with E-state index in [0.717, 1.165) is 11.3 Å². The summed E-state index contributed by atoms with van der Waals surface area (Å²) in [5.41, 5.74) is 2.84. The van der Waals surface area contributed by atoms with Crippen molar-refractivity contribution in [1.82, 2.24) is 4.90 Å². The Hall–Kier alpha value is -2.64. The molecule has 1 unspecified atom stereocenters.